The molecule has 2 N–H and O–H groups in total. The first-order valence-corrected chi connectivity index (χ1v) is 7.27. The molecular weight excluding hydrogens is 252 g/mol. The predicted molar refractivity (Wildman–Crippen MR) is 81.3 cm³/mol. The van der Waals surface area contributed by atoms with Crippen molar-refractivity contribution in [1.29, 1.82) is 0 Å². The maximum Gasteiger partial charge on any atom is 0.274 e. The Morgan fingerprint density at radius 1 is 1.10 bits per heavy atom. The van der Waals surface area contributed by atoms with E-state index >= 15 is 0 Å². The van der Waals surface area contributed by atoms with Crippen LogP contribution in [0.5, 0.6) is 0 Å². The van der Waals surface area contributed by atoms with Crippen molar-refractivity contribution in [2.24, 2.45) is 11.8 Å². The summed E-state index contributed by atoms with van der Waals surface area (Å²) >= 11 is 0. The monoisotopic (exact) mass is 278 g/mol. The van der Waals surface area contributed by atoms with Crippen molar-refractivity contribution in [3.8, 4) is 0 Å². The molecular formula is C15H26N4O. The molecule has 5 nitrogen and oxygen atoms in total. The van der Waals surface area contributed by atoms with Gasteiger partial charge < -0.3 is 10.6 Å². The summed E-state index contributed by atoms with van der Waals surface area (Å²) in [6.07, 6.45) is 4.87. The lowest BCUT2D eigenvalue weighted by Crippen LogP contribution is -2.34. The van der Waals surface area contributed by atoms with E-state index in [-0.39, 0.29) is 5.91 Å². The number of anilines is 1. The van der Waals surface area contributed by atoms with Crippen LogP contribution in [-0.2, 0) is 0 Å². The van der Waals surface area contributed by atoms with Crippen LogP contribution in [-0.4, -0.2) is 33.9 Å². The standard InChI is InChI=1S/C15H26N4O/c1-11(2)5-7-19(8-6-12(3)4)15(20)13-9-18-14(16)10-17-13/h9-12H,5-8H2,1-4H3,(H2,16,18). The fraction of sp³-hybridized carbons (Fsp3) is 0.667. The fourth-order valence-corrected chi connectivity index (χ4v) is 1.75. The van der Waals surface area contributed by atoms with Crippen LogP contribution in [0.1, 0.15) is 51.0 Å². The third kappa shape index (κ3) is 5.55. The van der Waals surface area contributed by atoms with Gasteiger partial charge in [-0.05, 0) is 24.7 Å². The summed E-state index contributed by atoms with van der Waals surface area (Å²) in [5, 5.41) is 0. The topological polar surface area (TPSA) is 72.1 Å². The molecule has 1 rings (SSSR count). The Hall–Kier alpha value is -1.65. The maximum atomic E-state index is 12.5. The Bertz CT molecular complexity index is 402. The molecule has 1 heterocycles. The van der Waals surface area contributed by atoms with Crippen molar-refractivity contribution in [3.63, 3.8) is 0 Å². The van der Waals surface area contributed by atoms with Crippen LogP contribution in [0.4, 0.5) is 5.82 Å². The summed E-state index contributed by atoms with van der Waals surface area (Å²) in [6, 6.07) is 0. The number of carbonyl (C=O) groups excluding carboxylic acids is 1. The van der Waals surface area contributed by atoms with Gasteiger partial charge in [-0.1, -0.05) is 27.7 Å². The molecule has 0 fully saturated rings. The van der Waals surface area contributed by atoms with Gasteiger partial charge in [-0.2, -0.15) is 0 Å². The van der Waals surface area contributed by atoms with E-state index in [0.717, 1.165) is 25.9 Å². The molecule has 0 bridgehead atoms. The van der Waals surface area contributed by atoms with Crippen LogP contribution in [0.25, 0.3) is 0 Å². The number of nitrogens with zero attached hydrogens (tertiary/aromatic N) is 3. The molecule has 0 aromatic carbocycles. The zero-order valence-electron chi connectivity index (χ0n) is 13.0. The van der Waals surface area contributed by atoms with Crippen molar-refractivity contribution >= 4 is 11.7 Å². The molecule has 0 unspecified atom stereocenters. The summed E-state index contributed by atoms with van der Waals surface area (Å²) in [6.45, 7) is 10.2. The minimum atomic E-state index is -0.0567. The number of amides is 1. The van der Waals surface area contributed by atoms with E-state index in [4.69, 9.17) is 5.73 Å². The summed E-state index contributed by atoms with van der Waals surface area (Å²) < 4.78 is 0. The van der Waals surface area contributed by atoms with Gasteiger partial charge >= 0.3 is 0 Å². The summed E-state index contributed by atoms with van der Waals surface area (Å²) in [5.41, 5.74) is 5.87. The number of nitrogen functional groups attached to an aromatic ring is 1. The molecule has 1 aromatic rings. The summed E-state index contributed by atoms with van der Waals surface area (Å²) in [5.74, 6) is 1.42. The Labute approximate surface area is 121 Å². The normalized spacial score (nSPS) is 11.1. The highest BCUT2D eigenvalue weighted by atomic mass is 16.2. The first-order chi connectivity index (χ1) is 9.40. The number of nitrogens with two attached hydrogens (primary N) is 1. The van der Waals surface area contributed by atoms with Crippen LogP contribution < -0.4 is 5.73 Å². The first kappa shape index (κ1) is 16.4. The minimum absolute atomic E-state index is 0.0567. The number of hydrogen-bond donors (Lipinski definition) is 1. The lowest BCUT2D eigenvalue weighted by Gasteiger charge is -2.24. The second-order valence-electron chi connectivity index (χ2n) is 5.98. The van der Waals surface area contributed by atoms with Gasteiger partial charge in [0.25, 0.3) is 5.91 Å². The van der Waals surface area contributed by atoms with Gasteiger partial charge in [0.2, 0.25) is 0 Å². The Morgan fingerprint density at radius 3 is 2.05 bits per heavy atom. The molecule has 0 radical (unpaired) electrons. The molecule has 5 heteroatoms. The lowest BCUT2D eigenvalue weighted by atomic mass is 10.1. The van der Waals surface area contributed by atoms with Crippen molar-refractivity contribution in [1.82, 2.24) is 14.9 Å². The van der Waals surface area contributed by atoms with Gasteiger partial charge in [0.05, 0.1) is 12.4 Å². The number of hydrogen-bond acceptors (Lipinski definition) is 4. The molecule has 0 saturated heterocycles. The maximum absolute atomic E-state index is 12.5. The van der Waals surface area contributed by atoms with Gasteiger partial charge in [0.1, 0.15) is 11.5 Å². The van der Waals surface area contributed by atoms with Gasteiger partial charge in [-0.15, -0.1) is 0 Å². The molecule has 0 aliphatic heterocycles. The first-order valence-electron chi connectivity index (χ1n) is 7.27. The highest BCUT2D eigenvalue weighted by molar-refractivity contribution is 5.92. The van der Waals surface area contributed by atoms with E-state index < -0.39 is 0 Å². The van der Waals surface area contributed by atoms with Crippen molar-refractivity contribution in [3.05, 3.63) is 18.1 Å². The Morgan fingerprint density at radius 2 is 1.65 bits per heavy atom. The van der Waals surface area contributed by atoms with Gasteiger partial charge in [0, 0.05) is 13.1 Å². The molecule has 1 amide bonds. The molecule has 112 valence electrons. The third-order valence-electron chi connectivity index (χ3n) is 3.13. The SMILES string of the molecule is CC(C)CCN(CCC(C)C)C(=O)c1cnc(N)cn1. The quantitative estimate of drug-likeness (QED) is 0.832. The zero-order valence-corrected chi connectivity index (χ0v) is 13.0. The molecule has 1 aromatic heterocycles. The van der Waals surface area contributed by atoms with Crippen LogP contribution in [0, 0.1) is 11.8 Å². The van der Waals surface area contributed by atoms with Crippen molar-refractivity contribution in [2.75, 3.05) is 18.8 Å². The van der Waals surface area contributed by atoms with Gasteiger partial charge in [-0.3, -0.25) is 4.79 Å². The zero-order chi connectivity index (χ0) is 15.1. The van der Waals surface area contributed by atoms with Crippen LogP contribution in [0.3, 0.4) is 0 Å². The predicted octanol–water partition coefficient (Wildman–Crippen LogP) is 2.59. The minimum Gasteiger partial charge on any atom is -0.382 e. The third-order valence-corrected chi connectivity index (χ3v) is 3.13. The highest BCUT2D eigenvalue weighted by Crippen LogP contribution is 2.10. The Balaban J connectivity index is 2.74. The fourth-order valence-electron chi connectivity index (χ4n) is 1.75. The summed E-state index contributed by atoms with van der Waals surface area (Å²) in [4.78, 5) is 22.4. The lowest BCUT2D eigenvalue weighted by molar-refractivity contribution is 0.0734. The highest BCUT2D eigenvalue weighted by Gasteiger charge is 2.17. The van der Waals surface area contributed by atoms with E-state index in [2.05, 4.69) is 37.7 Å². The molecule has 0 aliphatic carbocycles. The number of rotatable bonds is 7. The molecule has 0 aliphatic rings. The Kier molecular flexibility index (Phi) is 6.42. The molecule has 0 saturated carbocycles. The number of aromatic nitrogens is 2. The number of carbonyl (C=O) groups is 1. The van der Waals surface area contributed by atoms with Crippen molar-refractivity contribution < 1.29 is 4.79 Å². The smallest absolute Gasteiger partial charge is 0.274 e. The second kappa shape index (κ2) is 7.82. The van der Waals surface area contributed by atoms with Crippen LogP contribution in [0.2, 0.25) is 0 Å². The second-order valence-corrected chi connectivity index (χ2v) is 5.98. The van der Waals surface area contributed by atoms with E-state index in [1.165, 1.54) is 12.4 Å². The van der Waals surface area contributed by atoms with E-state index in [1.54, 1.807) is 0 Å². The van der Waals surface area contributed by atoms with E-state index in [9.17, 15) is 4.79 Å². The van der Waals surface area contributed by atoms with Crippen molar-refractivity contribution in [2.45, 2.75) is 40.5 Å². The van der Waals surface area contributed by atoms with E-state index in [1.807, 2.05) is 4.90 Å². The van der Waals surface area contributed by atoms with Crippen LogP contribution in [0.15, 0.2) is 12.4 Å². The summed E-state index contributed by atoms with van der Waals surface area (Å²) in [7, 11) is 0. The van der Waals surface area contributed by atoms with Crippen LogP contribution >= 0.6 is 0 Å². The largest absolute Gasteiger partial charge is 0.382 e. The molecule has 0 spiro atoms. The van der Waals surface area contributed by atoms with E-state index in [0.29, 0.717) is 23.3 Å². The van der Waals surface area contributed by atoms with Gasteiger partial charge in [0.15, 0.2) is 0 Å². The average molecular weight is 278 g/mol. The average Bonchev–Trinajstić information content (AvgIpc) is 2.38. The molecule has 20 heavy (non-hydrogen) atoms. The van der Waals surface area contributed by atoms with Gasteiger partial charge in [-0.25, -0.2) is 9.97 Å². The molecule has 0 atom stereocenters.